The van der Waals surface area contributed by atoms with Crippen molar-refractivity contribution in [3.05, 3.63) is 59.3 Å². The molecule has 2 aromatic carbocycles. The van der Waals surface area contributed by atoms with Gasteiger partial charge in [-0.15, -0.1) is 11.8 Å². The van der Waals surface area contributed by atoms with Gasteiger partial charge in [-0.2, -0.15) is 5.10 Å². The number of rotatable bonds is 3. The van der Waals surface area contributed by atoms with Crippen LogP contribution in [0.2, 0.25) is 0 Å². The SMILES string of the molecule is COc1ccc(-n2nc(C)c3c2NC(=O)[C@@H](C)S[C@@H]3c2ccc3c(c2)OCO3)cc1. The van der Waals surface area contributed by atoms with Crippen molar-refractivity contribution in [1.82, 2.24) is 9.78 Å². The van der Waals surface area contributed by atoms with Gasteiger partial charge in [0, 0.05) is 5.56 Å². The maximum absolute atomic E-state index is 12.8. The number of hydrogen-bond donors (Lipinski definition) is 1. The fraction of sp³-hybridized carbons (Fsp3) is 0.273. The molecule has 2 atom stereocenters. The van der Waals surface area contributed by atoms with E-state index in [4.69, 9.17) is 19.3 Å². The average molecular weight is 423 g/mol. The van der Waals surface area contributed by atoms with Gasteiger partial charge in [0.2, 0.25) is 12.7 Å². The minimum atomic E-state index is -0.225. The van der Waals surface area contributed by atoms with Crippen LogP contribution in [0.25, 0.3) is 5.69 Å². The summed E-state index contributed by atoms with van der Waals surface area (Å²) in [5.41, 5.74) is 3.76. The summed E-state index contributed by atoms with van der Waals surface area (Å²) >= 11 is 1.60. The largest absolute Gasteiger partial charge is 0.497 e. The monoisotopic (exact) mass is 423 g/mol. The standard InChI is InChI=1S/C22H21N3O4S/c1-12-19-20(14-4-9-17-18(10-14)29-11-28-17)30-13(2)22(26)23-21(19)25(24-12)15-5-7-16(27-3)8-6-15/h4-10,13,20H,11H2,1-3H3,(H,23,26)/t13-,20-/m1/s1. The molecule has 0 saturated carbocycles. The molecule has 0 spiro atoms. The van der Waals surface area contributed by atoms with Gasteiger partial charge in [0.15, 0.2) is 11.5 Å². The number of ether oxygens (including phenoxy) is 3. The summed E-state index contributed by atoms with van der Waals surface area (Å²) in [4.78, 5) is 12.8. The van der Waals surface area contributed by atoms with Crippen LogP contribution in [-0.2, 0) is 4.79 Å². The van der Waals surface area contributed by atoms with Gasteiger partial charge in [-0.3, -0.25) is 4.79 Å². The molecule has 30 heavy (non-hydrogen) atoms. The van der Waals surface area contributed by atoms with Crippen LogP contribution in [0.4, 0.5) is 5.82 Å². The van der Waals surface area contributed by atoms with E-state index in [2.05, 4.69) is 5.32 Å². The van der Waals surface area contributed by atoms with Crippen molar-refractivity contribution in [2.24, 2.45) is 0 Å². The van der Waals surface area contributed by atoms with Gasteiger partial charge in [-0.25, -0.2) is 4.68 Å². The molecule has 0 aliphatic carbocycles. The van der Waals surface area contributed by atoms with Crippen LogP contribution in [0, 0.1) is 6.92 Å². The molecule has 0 bridgehead atoms. The molecule has 0 saturated heterocycles. The molecule has 7 nitrogen and oxygen atoms in total. The summed E-state index contributed by atoms with van der Waals surface area (Å²) in [5, 5.41) is 7.55. The van der Waals surface area contributed by atoms with Crippen LogP contribution in [0.1, 0.15) is 29.0 Å². The second-order valence-electron chi connectivity index (χ2n) is 7.22. The number of benzene rings is 2. The predicted molar refractivity (Wildman–Crippen MR) is 115 cm³/mol. The fourth-order valence-corrected chi connectivity index (χ4v) is 5.07. The second-order valence-corrected chi connectivity index (χ2v) is 8.67. The van der Waals surface area contributed by atoms with E-state index >= 15 is 0 Å². The molecule has 8 heteroatoms. The lowest BCUT2D eigenvalue weighted by molar-refractivity contribution is -0.115. The Morgan fingerprint density at radius 3 is 2.70 bits per heavy atom. The first-order valence-electron chi connectivity index (χ1n) is 9.65. The van der Waals surface area contributed by atoms with E-state index in [1.54, 1.807) is 23.6 Å². The summed E-state index contributed by atoms with van der Waals surface area (Å²) in [7, 11) is 1.63. The Bertz CT molecular complexity index is 1130. The van der Waals surface area contributed by atoms with E-state index in [1.807, 2.05) is 56.3 Å². The normalized spacial score (nSPS) is 19.8. The van der Waals surface area contributed by atoms with Crippen molar-refractivity contribution in [3.63, 3.8) is 0 Å². The third-order valence-corrected chi connectivity index (χ3v) is 6.74. The third-order valence-electron chi connectivity index (χ3n) is 5.34. The molecule has 2 aliphatic heterocycles. The Morgan fingerprint density at radius 1 is 1.17 bits per heavy atom. The Hall–Kier alpha value is -3.13. The molecule has 1 aromatic heterocycles. The number of fused-ring (bicyclic) bond motifs is 2. The lowest BCUT2D eigenvalue weighted by atomic mass is 10.0. The molecule has 1 N–H and O–H groups in total. The maximum atomic E-state index is 12.8. The highest BCUT2D eigenvalue weighted by Gasteiger charge is 2.34. The fourth-order valence-electron chi connectivity index (χ4n) is 3.76. The summed E-state index contributed by atoms with van der Waals surface area (Å²) in [6.07, 6.45) is 0. The van der Waals surface area contributed by atoms with Crippen molar-refractivity contribution in [2.75, 3.05) is 19.2 Å². The zero-order chi connectivity index (χ0) is 20.8. The number of carbonyl (C=O) groups is 1. The highest BCUT2D eigenvalue weighted by molar-refractivity contribution is 8.01. The van der Waals surface area contributed by atoms with Crippen LogP contribution in [-0.4, -0.2) is 34.8 Å². The van der Waals surface area contributed by atoms with Gasteiger partial charge >= 0.3 is 0 Å². The zero-order valence-electron chi connectivity index (χ0n) is 16.8. The molecular formula is C22H21N3O4S. The van der Waals surface area contributed by atoms with Crippen LogP contribution in [0.15, 0.2) is 42.5 Å². The quantitative estimate of drug-likeness (QED) is 0.684. The van der Waals surface area contributed by atoms with E-state index in [0.29, 0.717) is 5.82 Å². The molecule has 3 aromatic rings. The minimum Gasteiger partial charge on any atom is -0.497 e. The number of hydrogen-bond acceptors (Lipinski definition) is 6. The highest BCUT2D eigenvalue weighted by atomic mass is 32.2. The molecule has 0 radical (unpaired) electrons. The van der Waals surface area contributed by atoms with Gasteiger partial charge in [-0.05, 0) is 55.8 Å². The highest BCUT2D eigenvalue weighted by Crippen LogP contribution is 2.48. The topological polar surface area (TPSA) is 74.6 Å². The number of aromatic nitrogens is 2. The average Bonchev–Trinajstić information content (AvgIpc) is 3.32. The Morgan fingerprint density at radius 2 is 1.93 bits per heavy atom. The zero-order valence-corrected chi connectivity index (χ0v) is 17.7. The van der Waals surface area contributed by atoms with Crippen LogP contribution in [0.5, 0.6) is 17.2 Å². The number of nitrogens with zero attached hydrogens (tertiary/aromatic N) is 2. The Labute approximate surface area is 178 Å². The van der Waals surface area contributed by atoms with Gasteiger partial charge in [-0.1, -0.05) is 6.07 Å². The Kier molecular flexibility index (Phi) is 4.58. The molecule has 154 valence electrons. The Balaban J connectivity index is 1.64. The first-order valence-corrected chi connectivity index (χ1v) is 10.6. The molecule has 3 heterocycles. The maximum Gasteiger partial charge on any atom is 0.238 e. The molecule has 5 rings (SSSR count). The molecule has 1 amide bonds. The number of thioether (sulfide) groups is 1. The van der Waals surface area contributed by atoms with Crippen molar-refractivity contribution < 1.29 is 19.0 Å². The van der Waals surface area contributed by atoms with Crippen LogP contribution < -0.4 is 19.5 Å². The van der Waals surface area contributed by atoms with E-state index in [-0.39, 0.29) is 23.2 Å². The molecule has 2 aliphatic rings. The number of aryl methyl sites for hydroxylation is 1. The first kappa shape index (κ1) is 18.9. The minimum absolute atomic E-state index is 0.0424. The van der Waals surface area contributed by atoms with Crippen LogP contribution >= 0.6 is 11.8 Å². The van der Waals surface area contributed by atoms with E-state index < -0.39 is 0 Å². The third kappa shape index (κ3) is 3.08. The van der Waals surface area contributed by atoms with Crippen LogP contribution in [0.3, 0.4) is 0 Å². The number of carbonyl (C=O) groups excluding carboxylic acids is 1. The summed E-state index contributed by atoms with van der Waals surface area (Å²) in [6, 6.07) is 13.6. The van der Waals surface area contributed by atoms with E-state index in [9.17, 15) is 4.79 Å². The van der Waals surface area contributed by atoms with Crippen molar-refractivity contribution in [1.29, 1.82) is 0 Å². The number of anilines is 1. The number of nitrogens with one attached hydrogen (secondary N) is 1. The van der Waals surface area contributed by atoms with E-state index in [1.165, 1.54) is 0 Å². The summed E-state index contributed by atoms with van der Waals surface area (Å²) in [5.74, 6) is 2.89. The molecule has 0 fully saturated rings. The smallest absolute Gasteiger partial charge is 0.238 e. The lowest BCUT2D eigenvalue weighted by Gasteiger charge is -2.17. The van der Waals surface area contributed by atoms with Crippen molar-refractivity contribution >= 4 is 23.5 Å². The van der Waals surface area contributed by atoms with Gasteiger partial charge in [0.05, 0.1) is 29.0 Å². The molecular weight excluding hydrogens is 402 g/mol. The summed E-state index contributed by atoms with van der Waals surface area (Å²) in [6.45, 7) is 4.13. The number of methoxy groups -OCH3 is 1. The van der Waals surface area contributed by atoms with Gasteiger partial charge in [0.25, 0.3) is 0 Å². The summed E-state index contributed by atoms with van der Waals surface area (Å²) < 4.78 is 18.1. The predicted octanol–water partition coefficient (Wildman–Crippen LogP) is 4.08. The van der Waals surface area contributed by atoms with E-state index in [0.717, 1.165) is 39.8 Å². The molecule has 0 unspecified atom stereocenters. The second kappa shape index (κ2) is 7.28. The van der Waals surface area contributed by atoms with Gasteiger partial charge < -0.3 is 19.5 Å². The number of amides is 1. The lowest BCUT2D eigenvalue weighted by Crippen LogP contribution is -2.22. The van der Waals surface area contributed by atoms with Gasteiger partial charge in [0.1, 0.15) is 11.6 Å². The van der Waals surface area contributed by atoms with Crippen molar-refractivity contribution in [2.45, 2.75) is 24.3 Å². The first-order chi connectivity index (χ1) is 14.5. The van der Waals surface area contributed by atoms with Crippen molar-refractivity contribution in [3.8, 4) is 22.9 Å².